The van der Waals surface area contributed by atoms with Crippen LogP contribution in [0.3, 0.4) is 0 Å². The van der Waals surface area contributed by atoms with E-state index >= 15 is 0 Å². The second-order valence-corrected chi connectivity index (χ2v) is 5.39. The lowest BCUT2D eigenvalue weighted by molar-refractivity contribution is 0.178. The monoisotopic (exact) mass is 240 g/mol. The Hall–Kier alpha value is -0.770. The lowest BCUT2D eigenvalue weighted by atomic mass is 9.82. The topological polar surface area (TPSA) is 41.6 Å². The largest absolute Gasteiger partial charge is 0.379 e. The minimum Gasteiger partial charge on any atom is -0.379 e. The Morgan fingerprint density at radius 1 is 1.47 bits per heavy atom. The number of hydrogen-bond donors (Lipinski definition) is 1. The van der Waals surface area contributed by atoms with Crippen molar-refractivity contribution >= 4 is 6.03 Å². The van der Waals surface area contributed by atoms with E-state index in [0.29, 0.717) is 12.0 Å². The predicted molar refractivity (Wildman–Crippen MR) is 67.0 cm³/mol. The van der Waals surface area contributed by atoms with Crippen molar-refractivity contribution in [2.24, 2.45) is 5.41 Å². The van der Waals surface area contributed by atoms with Gasteiger partial charge in [-0.1, -0.05) is 13.8 Å². The highest BCUT2D eigenvalue weighted by Gasteiger charge is 2.37. The van der Waals surface area contributed by atoms with Crippen LogP contribution >= 0.6 is 0 Å². The summed E-state index contributed by atoms with van der Waals surface area (Å²) in [5.41, 5.74) is 0.365. The Morgan fingerprint density at radius 3 is 2.76 bits per heavy atom. The molecule has 4 nitrogen and oxygen atoms in total. The van der Waals surface area contributed by atoms with Gasteiger partial charge < -0.3 is 15.0 Å². The molecule has 2 aliphatic rings. The van der Waals surface area contributed by atoms with Crippen molar-refractivity contribution < 1.29 is 9.53 Å². The number of likely N-dealkylation sites (tertiary alicyclic amines) is 1. The van der Waals surface area contributed by atoms with Gasteiger partial charge >= 0.3 is 6.03 Å². The molecule has 0 bridgehead atoms. The number of nitrogens with one attached hydrogen (secondary N) is 1. The van der Waals surface area contributed by atoms with Crippen LogP contribution in [0.4, 0.5) is 4.79 Å². The minimum atomic E-state index is 0.101. The maximum atomic E-state index is 12.1. The standard InChI is InChI=1S/C13H24N2O2/c1-3-13(4-2)6-7-15(10-13)12(16)14-11-5-8-17-9-11/h11H,3-10H2,1-2H3,(H,14,16). The Bertz CT molecular complexity index is 271. The van der Waals surface area contributed by atoms with Crippen LogP contribution in [0.2, 0.25) is 0 Å². The molecule has 17 heavy (non-hydrogen) atoms. The van der Waals surface area contributed by atoms with E-state index in [1.807, 2.05) is 4.90 Å². The number of hydrogen-bond acceptors (Lipinski definition) is 2. The summed E-state index contributed by atoms with van der Waals surface area (Å²) in [6.07, 6.45) is 4.43. The molecule has 4 heteroatoms. The number of carbonyl (C=O) groups is 1. The summed E-state index contributed by atoms with van der Waals surface area (Å²) in [7, 11) is 0. The van der Waals surface area contributed by atoms with Crippen LogP contribution in [-0.4, -0.2) is 43.3 Å². The first-order chi connectivity index (χ1) is 8.19. The molecular formula is C13H24N2O2. The lowest BCUT2D eigenvalue weighted by Crippen LogP contribution is -2.44. The predicted octanol–water partition coefficient (Wildman–Crippen LogP) is 2.00. The summed E-state index contributed by atoms with van der Waals surface area (Å²) in [6.45, 7) is 7.73. The number of ether oxygens (including phenoxy) is 1. The summed E-state index contributed by atoms with van der Waals surface area (Å²) in [6, 6.07) is 0.324. The lowest BCUT2D eigenvalue weighted by Gasteiger charge is -2.26. The van der Waals surface area contributed by atoms with E-state index in [-0.39, 0.29) is 12.1 Å². The van der Waals surface area contributed by atoms with Crippen LogP contribution in [0, 0.1) is 5.41 Å². The van der Waals surface area contributed by atoms with Gasteiger partial charge in [-0.25, -0.2) is 4.79 Å². The molecule has 1 unspecified atom stereocenters. The average Bonchev–Trinajstić information content (AvgIpc) is 2.97. The first-order valence-electron chi connectivity index (χ1n) is 6.82. The molecule has 0 aromatic carbocycles. The SMILES string of the molecule is CCC1(CC)CCN(C(=O)NC2CCOC2)C1. The van der Waals surface area contributed by atoms with Gasteiger partial charge in [-0.05, 0) is 31.1 Å². The molecule has 2 rings (SSSR count). The molecule has 0 aliphatic carbocycles. The van der Waals surface area contributed by atoms with E-state index in [4.69, 9.17) is 4.74 Å². The van der Waals surface area contributed by atoms with Gasteiger partial charge in [0.25, 0.3) is 0 Å². The van der Waals surface area contributed by atoms with Gasteiger partial charge in [0.15, 0.2) is 0 Å². The summed E-state index contributed by atoms with van der Waals surface area (Å²) in [5.74, 6) is 0. The highest BCUT2D eigenvalue weighted by atomic mass is 16.5. The molecule has 1 atom stereocenters. The van der Waals surface area contributed by atoms with Crippen LogP contribution in [0.5, 0.6) is 0 Å². The first kappa shape index (κ1) is 12.7. The Kier molecular flexibility index (Phi) is 3.92. The third kappa shape index (κ3) is 2.73. The molecule has 1 N–H and O–H groups in total. The highest BCUT2D eigenvalue weighted by Crippen LogP contribution is 2.36. The molecule has 0 radical (unpaired) electrons. The van der Waals surface area contributed by atoms with Crippen LogP contribution in [0.15, 0.2) is 0 Å². The minimum absolute atomic E-state index is 0.101. The zero-order chi connectivity index (χ0) is 12.3. The zero-order valence-corrected chi connectivity index (χ0v) is 11.0. The van der Waals surface area contributed by atoms with Crippen molar-refractivity contribution in [1.82, 2.24) is 10.2 Å². The summed E-state index contributed by atoms with van der Waals surface area (Å²) in [4.78, 5) is 14.1. The molecule has 0 aromatic heterocycles. The van der Waals surface area contributed by atoms with Crippen molar-refractivity contribution in [1.29, 1.82) is 0 Å². The maximum Gasteiger partial charge on any atom is 0.317 e. The van der Waals surface area contributed by atoms with Gasteiger partial charge in [0, 0.05) is 19.7 Å². The van der Waals surface area contributed by atoms with E-state index in [0.717, 1.165) is 32.5 Å². The van der Waals surface area contributed by atoms with E-state index in [1.165, 1.54) is 12.8 Å². The molecule has 2 amide bonds. The molecule has 2 saturated heterocycles. The Balaban J connectivity index is 1.84. The van der Waals surface area contributed by atoms with E-state index < -0.39 is 0 Å². The average molecular weight is 240 g/mol. The molecule has 0 saturated carbocycles. The molecule has 0 spiro atoms. The molecule has 0 aromatic rings. The van der Waals surface area contributed by atoms with Crippen molar-refractivity contribution in [2.75, 3.05) is 26.3 Å². The zero-order valence-electron chi connectivity index (χ0n) is 11.0. The molecule has 2 fully saturated rings. The second-order valence-electron chi connectivity index (χ2n) is 5.39. The van der Waals surface area contributed by atoms with Gasteiger partial charge in [-0.2, -0.15) is 0 Å². The van der Waals surface area contributed by atoms with Crippen molar-refractivity contribution in [3.63, 3.8) is 0 Å². The van der Waals surface area contributed by atoms with E-state index in [1.54, 1.807) is 0 Å². The second kappa shape index (κ2) is 5.25. The molecule has 2 heterocycles. The number of nitrogens with zero attached hydrogens (tertiary/aromatic N) is 1. The summed E-state index contributed by atoms with van der Waals surface area (Å²) in [5, 5.41) is 3.07. The van der Waals surface area contributed by atoms with Gasteiger partial charge in [-0.15, -0.1) is 0 Å². The van der Waals surface area contributed by atoms with Crippen molar-refractivity contribution in [3.05, 3.63) is 0 Å². The van der Waals surface area contributed by atoms with Crippen molar-refractivity contribution in [2.45, 2.75) is 45.6 Å². The van der Waals surface area contributed by atoms with Gasteiger partial charge in [-0.3, -0.25) is 0 Å². The van der Waals surface area contributed by atoms with E-state index in [2.05, 4.69) is 19.2 Å². The Morgan fingerprint density at radius 2 is 2.24 bits per heavy atom. The number of amides is 2. The number of rotatable bonds is 3. The fraction of sp³-hybridized carbons (Fsp3) is 0.923. The fourth-order valence-corrected chi connectivity index (χ4v) is 2.85. The van der Waals surface area contributed by atoms with Crippen LogP contribution < -0.4 is 5.32 Å². The molecule has 98 valence electrons. The van der Waals surface area contributed by atoms with Gasteiger partial charge in [0.2, 0.25) is 0 Å². The van der Waals surface area contributed by atoms with Crippen LogP contribution in [-0.2, 0) is 4.74 Å². The quantitative estimate of drug-likeness (QED) is 0.819. The summed E-state index contributed by atoms with van der Waals surface area (Å²) >= 11 is 0. The highest BCUT2D eigenvalue weighted by molar-refractivity contribution is 5.75. The van der Waals surface area contributed by atoms with Crippen LogP contribution in [0.25, 0.3) is 0 Å². The number of urea groups is 1. The van der Waals surface area contributed by atoms with E-state index in [9.17, 15) is 4.79 Å². The van der Waals surface area contributed by atoms with Gasteiger partial charge in [0.05, 0.1) is 12.6 Å². The fourth-order valence-electron chi connectivity index (χ4n) is 2.85. The maximum absolute atomic E-state index is 12.1. The van der Waals surface area contributed by atoms with Crippen molar-refractivity contribution in [3.8, 4) is 0 Å². The van der Waals surface area contributed by atoms with Crippen LogP contribution in [0.1, 0.15) is 39.5 Å². The normalized spacial score (nSPS) is 27.4. The third-order valence-corrected chi connectivity index (χ3v) is 4.48. The number of carbonyl (C=O) groups excluding carboxylic acids is 1. The third-order valence-electron chi connectivity index (χ3n) is 4.48. The Labute approximate surface area is 104 Å². The molecular weight excluding hydrogens is 216 g/mol. The van der Waals surface area contributed by atoms with Gasteiger partial charge in [0.1, 0.15) is 0 Å². The first-order valence-corrected chi connectivity index (χ1v) is 6.82. The molecule has 2 aliphatic heterocycles. The summed E-state index contributed by atoms with van der Waals surface area (Å²) < 4.78 is 5.27. The smallest absolute Gasteiger partial charge is 0.317 e.